The van der Waals surface area contributed by atoms with E-state index in [1.54, 1.807) is 0 Å². The summed E-state index contributed by atoms with van der Waals surface area (Å²) in [5.74, 6) is 0. The van der Waals surface area contributed by atoms with Gasteiger partial charge in [-0.2, -0.15) is 4.31 Å². The summed E-state index contributed by atoms with van der Waals surface area (Å²) in [6.45, 7) is -1.11. The van der Waals surface area contributed by atoms with Gasteiger partial charge in [0.2, 0.25) is 0 Å². The number of carbonyl (C=O) groups excluding carboxylic acids is 1. The first-order valence-electron chi connectivity index (χ1n) is 4.22. The molecular weight excluding hydrogens is 298 g/mol. The Balaban J connectivity index is 4.36. The molecule has 108 valence electrons. The van der Waals surface area contributed by atoms with E-state index in [9.17, 15) is 13.9 Å². The molecule has 4 unspecified atom stereocenters. The van der Waals surface area contributed by atoms with E-state index < -0.39 is 40.6 Å². The van der Waals surface area contributed by atoms with Gasteiger partial charge in [0, 0.05) is 0 Å². The van der Waals surface area contributed by atoms with Crippen LogP contribution in [-0.4, -0.2) is 61.2 Å². The monoisotopic (exact) mass is 310 g/mol. The van der Waals surface area contributed by atoms with Crippen molar-refractivity contribution in [3.63, 3.8) is 0 Å². The molecule has 18 heavy (non-hydrogen) atoms. The van der Waals surface area contributed by atoms with Crippen molar-refractivity contribution >= 4 is 21.9 Å². The van der Waals surface area contributed by atoms with E-state index in [1.165, 1.54) is 0 Å². The van der Waals surface area contributed by atoms with E-state index in [1.807, 2.05) is 0 Å². The molecule has 4 atom stereocenters. The lowest BCUT2D eigenvalue weighted by atomic mass is 10.1. The molecule has 13 heteroatoms. The number of hydrogen-bond acceptors (Lipinski definition) is 8. The van der Waals surface area contributed by atoms with Gasteiger partial charge in [0.25, 0.3) is 0 Å². The number of phosphoric acid groups is 2. The van der Waals surface area contributed by atoms with Gasteiger partial charge in [0.05, 0.1) is 6.61 Å². The first kappa shape index (κ1) is 17.8. The second-order valence-electron chi connectivity index (χ2n) is 3.02. The molecule has 0 radical (unpaired) electrons. The van der Waals surface area contributed by atoms with Crippen molar-refractivity contribution in [3.8, 4) is 0 Å². The van der Waals surface area contributed by atoms with Gasteiger partial charge in [-0.15, -0.1) is 0 Å². The molecule has 0 fully saturated rings. The third-order valence-corrected chi connectivity index (χ3v) is 3.65. The molecule has 0 aliphatic rings. The van der Waals surface area contributed by atoms with E-state index in [2.05, 4.69) is 8.83 Å². The van der Waals surface area contributed by atoms with Crippen LogP contribution < -0.4 is 0 Å². The average Bonchev–Trinajstić information content (AvgIpc) is 2.20. The van der Waals surface area contributed by atoms with E-state index in [-0.39, 0.29) is 6.29 Å². The Morgan fingerprint density at radius 1 is 1.11 bits per heavy atom. The van der Waals surface area contributed by atoms with Crippen molar-refractivity contribution in [3.05, 3.63) is 0 Å². The predicted octanol–water partition coefficient (Wildman–Crippen LogP) is -2.51. The smallest absolute Gasteiger partial charge is 0.388 e. The predicted molar refractivity (Wildman–Crippen MR) is 53.0 cm³/mol. The number of aliphatic hydroxyl groups excluding tert-OH is 3. The van der Waals surface area contributed by atoms with Crippen LogP contribution in [0.5, 0.6) is 0 Å². The maximum Gasteiger partial charge on any atom is 0.481 e. The fourth-order valence-electron chi connectivity index (χ4n) is 0.735. The molecule has 0 bridgehead atoms. The second kappa shape index (κ2) is 6.83. The normalized spacial score (nSPS) is 20.8. The van der Waals surface area contributed by atoms with Gasteiger partial charge in [-0.05, 0) is 0 Å². The van der Waals surface area contributed by atoms with Crippen LogP contribution in [0.1, 0.15) is 0 Å². The highest BCUT2D eigenvalue weighted by Crippen LogP contribution is 2.57. The quantitative estimate of drug-likeness (QED) is 0.205. The average molecular weight is 310 g/mol. The van der Waals surface area contributed by atoms with Crippen LogP contribution in [0.2, 0.25) is 0 Å². The molecule has 0 heterocycles. The number of aldehydes is 1. The van der Waals surface area contributed by atoms with Gasteiger partial charge >= 0.3 is 15.6 Å². The summed E-state index contributed by atoms with van der Waals surface area (Å²) < 4.78 is 28.4. The molecule has 0 saturated carbocycles. The van der Waals surface area contributed by atoms with Crippen LogP contribution in [0, 0.1) is 0 Å². The van der Waals surface area contributed by atoms with Crippen LogP contribution >= 0.6 is 15.6 Å². The van der Waals surface area contributed by atoms with Crippen molar-refractivity contribution in [2.75, 3.05) is 6.61 Å². The third kappa shape index (κ3) is 7.29. The lowest BCUT2D eigenvalue weighted by molar-refractivity contribution is -0.127. The molecule has 0 aliphatic carbocycles. The zero-order valence-electron chi connectivity index (χ0n) is 8.64. The summed E-state index contributed by atoms with van der Waals surface area (Å²) in [4.78, 5) is 35.3. The fourth-order valence-corrected chi connectivity index (χ4v) is 2.34. The minimum absolute atomic E-state index is 0.0986. The molecule has 0 aliphatic heterocycles. The van der Waals surface area contributed by atoms with E-state index in [0.717, 1.165) is 0 Å². The maximum absolute atomic E-state index is 10.9. The van der Waals surface area contributed by atoms with Crippen LogP contribution in [0.4, 0.5) is 0 Å². The Labute approximate surface area is 100 Å². The minimum Gasteiger partial charge on any atom is -0.388 e. The first-order chi connectivity index (χ1) is 7.98. The van der Waals surface area contributed by atoms with Crippen LogP contribution in [-0.2, 0) is 22.8 Å². The summed E-state index contributed by atoms with van der Waals surface area (Å²) in [5, 5.41) is 26.9. The number of aliphatic hydroxyl groups is 3. The maximum atomic E-state index is 10.9. The highest BCUT2D eigenvalue weighted by atomic mass is 31.3. The molecule has 0 aromatic heterocycles. The van der Waals surface area contributed by atoms with Crippen LogP contribution in [0.15, 0.2) is 0 Å². The number of rotatable bonds is 8. The first-order valence-corrected chi connectivity index (χ1v) is 7.25. The molecule has 0 aromatic carbocycles. The summed E-state index contributed by atoms with van der Waals surface area (Å²) in [7, 11) is -10.4. The van der Waals surface area contributed by atoms with Crippen LogP contribution in [0.25, 0.3) is 0 Å². The third-order valence-electron chi connectivity index (χ3n) is 1.50. The van der Waals surface area contributed by atoms with Gasteiger partial charge in [-0.3, -0.25) is 4.52 Å². The summed E-state index contributed by atoms with van der Waals surface area (Å²) in [6, 6.07) is 0. The molecule has 0 aromatic rings. The summed E-state index contributed by atoms with van der Waals surface area (Å²) >= 11 is 0. The molecule has 0 rings (SSSR count). The van der Waals surface area contributed by atoms with Gasteiger partial charge in [-0.25, -0.2) is 9.13 Å². The molecule has 0 saturated heterocycles. The highest BCUT2D eigenvalue weighted by molar-refractivity contribution is 7.60. The topological polar surface area (TPSA) is 191 Å². The fraction of sp³-hybridized carbons (Fsp3) is 0.800. The molecule has 11 nitrogen and oxygen atoms in total. The molecular formula is C5H12O11P2. The lowest BCUT2D eigenvalue weighted by Crippen LogP contribution is -2.40. The standard InChI is InChI=1S/C5H12O11P2/c6-1-3(7)5(9)4(8)2-15-18(13,14)16-17(10,11)12/h1,3-5,7-9H,2H2,(H,13,14)(H2,10,11,12). The zero-order valence-corrected chi connectivity index (χ0v) is 10.4. The minimum atomic E-state index is -5.28. The van der Waals surface area contributed by atoms with E-state index in [0.29, 0.717) is 0 Å². The molecule has 0 amide bonds. The van der Waals surface area contributed by atoms with Crippen molar-refractivity contribution in [1.82, 2.24) is 0 Å². The Morgan fingerprint density at radius 3 is 2.00 bits per heavy atom. The molecule has 6 N–H and O–H groups in total. The van der Waals surface area contributed by atoms with Crippen molar-refractivity contribution in [2.45, 2.75) is 18.3 Å². The van der Waals surface area contributed by atoms with Gasteiger partial charge in [-0.1, -0.05) is 0 Å². The Hall–Kier alpha value is -0.190. The van der Waals surface area contributed by atoms with E-state index in [4.69, 9.17) is 30.0 Å². The zero-order chi connectivity index (χ0) is 14.6. The highest BCUT2D eigenvalue weighted by Gasteiger charge is 2.34. The van der Waals surface area contributed by atoms with Crippen LogP contribution in [0.3, 0.4) is 0 Å². The van der Waals surface area contributed by atoms with Gasteiger partial charge in [0.15, 0.2) is 6.29 Å². The van der Waals surface area contributed by atoms with E-state index >= 15 is 0 Å². The second-order valence-corrected chi connectivity index (χ2v) is 5.85. The largest absolute Gasteiger partial charge is 0.481 e. The van der Waals surface area contributed by atoms with Crippen molar-refractivity contribution < 1.29 is 52.8 Å². The van der Waals surface area contributed by atoms with Gasteiger partial charge in [0.1, 0.15) is 18.3 Å². The Kier molecular flexibility index (Phi) is 6.75. The summed E-state index contributed by atoms with van der Waals surface area (Å²) in [6.07, 6.45) is -6.01. The Morgan fingerprint density at radius 2 is 1.61 bits per heavy atom. The van der Waals surface area contributed by atoms with Crippen molar-refractivity contribution in [2.24, 2.45) is 0 Å². The van der Waals surface area contributed by atoms with Crippen molar-refractivity contribution in [1.29, 1.82) is 0 Å². The number of carbonyl (C=O) groups is 1. The lowest BCUT2D eigenvalue weighted by Gasteiger charge is -2.20. The number of phosphoric ester groups is 1. The van der Waals surface area contributed by atoms with Gasteiger partial charge < -0.3 is 34.8 Å². The number of hydrogen-bond donors (Lipinski definition) is 6. The summed E-state index contributed by atoms with van der Waals surface area (Å²) in [5.41, 5.74) is 0. The SMILES string of the molecule is O=CC(O)C(O)C(O)COP(=O)(O)OP(=O)(O)O. The molecule has 0 spiro atoms. The Bertz CT molecular complexity index is 362.